The fourth-order valence-electron chi connectivity index (χ4n) is 2.33. The van der Waals surface area contributed by atoms with E-state index in [-0.39, 0.29) is 5.16 Å². The molecule has 1 atom stereocenters. The molecule has 2 nitrogen and oxygen atoms in total. The minimum absolute atomic E-state index is 0.151. The molecule has 0 saturated carbocycles. The second-order valence-electron chi connectivity index (χ2n) is 6.77. The van der Waals surface area contributed by atoms with Crippen LogP contribution in [0.2, 0.25) is 0 Å². The van der Waals surface area contributed by atoms with E-state index in [9.17, 15) is 0 Å². The average molecular weight is 295 g/mol. The first kappa shape index (κ1) is 17.6. The van der Waals surface area contributed by atoms with Crippen LogP contribution in [0.15, 0.2) is 30.3 Å². The Kier molecular flexibility index (Phi) is 6.64. The van der Waals surface area contributed by atoms with Gasteiger partial charge < -0.3 is 4.52 Å². The highest BCUT2D eigenvalue weighted by atomic mass is 31.2. The third-order valence-electron chi connectivity index (χ3n) is 3.04. The van der Waals surface area contributed by atoms with Gasteiger partial charge in [-0.15, -0.1) is 0 Å². The number of rotatable bonds is 6. The molecule has 0 amide bonds. The van der Waals surface area contributed by atoms with Gasteiger partial charge in [-0.25, -0.2) is 0 Å². The Morgan fingerprint density at radius 1 is 1.00 bits per heavy atom. The minimum Gasteiger partial charge on any atom is -0.338 e. The lowest BCUT2D eigenvalue weighted by atomic mass is 10.2. The molecule has 0 aliphatic heterocycles. The summed E-state index contributed by atoms with van der Waals surface area (Å²) in [6.07, 6.45) is 0. The number of nitrogens with zero attached hydrogens (tertiary/aromatic N) is 1. The second kappa shape index (κ2) is 7.54. The van der Waals surface area contributed by atoms with Crippen LogP contribution in [0.5, 0.6) is 0 Å². The number of hydrogen-bond acceptors (Lipinski definition) is 2. The van der Waals surface area contributed by atoms with Crippen molar-refractivity contribution in [2.24, 2.45) is 0 Å². The van der Waals surface area contributed by atoms with Crippen molar-refractivity contribution in [3.05, 3.63) is 35.9 Å². The molecule has 114 valence electrons. The van der Waals surface area contributed by atoms with E-state index in [1.165, 1.54) is 5.56 Å². The van der Waals surface area contributed by atoms with Crippen LogP contribution >= 0.6 is 8.30 Å². The summed E-state index contributed by atoms with van der Waals surface area (Å²) in [4.78, 5) is 0. The van der Waals surface area contributed by atoms with Crippen LogP contribution < -0.4 is 0 Å². The van der Waals surface area contributed by atoms with Gasteiger partial charge in [-0.2, -0.15) is 0 Å². The maximum atomic E-state index is 6.37. The Morgan fingerprint density at radius 3 is 1.90 bits per heavy atom. The molecule has 0 radical (unpaired) electrons. The molecule has 0 spiro atoms. The molecule has 0 N–H and O–H groups in total. The first-order valence-electron chi connectivity index (χ1n) is 7.48. The van der Waals surface area contributed by atoms with Crippen molar-refractivity contribution >= 4 is 8.30 Å². The van der Waals surface area contributed by atoms with Gasteiger partial charge in [0.1, 0.15) is 8.30 Å². The Bertz CT molecular complexity index is 376. The summed E-state index contributed by atoms with van der Waals surface area (Å²) in [7, 11) is -0.634. The normalized spacial score (nSPS) is 14.3. The van der Waals surface area contributed by atoms with E-state index in [4.69, 9.17) is 4.52 Å². The Balaban J connectivity index is 2.85. The van der Waals surface area contributed by atoms with Crippen LogP contribution in [0.1, 0.15) is 54.0 Å². The van der Waals surface area contributed by atoms with Gasteiger partial charge in [-0.3, -0.25) is 4.67 Å². The molecule has 0 aliphatic carbocycles. The highest BCUT2D eigenvalue weighted by Gasteiger charge is 2.35. The van der Waals surface area contributed by atoms with Crippen LogP contribution in [0.25, 0.3) is 0 Å². The van der Waals surface area contributed by atoms with Crippen molar-refractivity contribution in [2.45, 2.75) is 72.3 Å². The van der Waals surface area contributed by atoms with Gasteiger partial charge in [0.25, 0.3) is 0 Å². The standard InChI is InChI=1S/C17H30NOP/c1-14(2)18(15(3)4)20(17(5,6)7)19-13-16-11-9-8-10-12-16/h8-12,14-15H,13H2,1-7H3. The van der Waals surface area contributed by atoms with Crippen molar-refractivity contribution < 1.29 is 4.52 Å². The van der Waals surface area contributed by atoms with Gasteiger partial charge in [0.15, 0.2) is 0 Å². The molecule has 20 heavy (non-hydrogen) atoms. The van der Waals surface area contributed by atoms with Crippen LogP contribution in [-0.4, -0.2) is 21.9 Å². The fraction of sp³-hybridized carbons (Fsp3) is 0.647. The van der Waals surface area contributed by atoms with Crippen molar-refractivity contribution in [2.75, 3.05) is 0 Å². The molecule has 1 aromatic rings. The van der Waals surface area contributed by atoms with E-state index in [1.807, 2.05) is 6.07 Å². The number of benzene rings is 1. The molecule has 1 aromatic carbocycles. The Hall–Kier alpha value is -0.430. The molecular formula is C17H30NOP. The zero-order valence-corrected chi connectivity index (χ0v) is 14.9. The maximum absolute atomic E-state index is 6.37. The smallest absolute Gasteiger partial charge is 0.110 e. The van der Waals surface area contributed by atoms with Crippen LogP contribution in [0.3, 0.4) is 0 Å². The lowest BCUT2D eigenvalue weighted by Crippen LogP contribution is -2.38. The predicted molar refractivity (Wildman–Crippen MR) is 90.0 cm³/mol. The zero-order chi connectivity index (χ0) is 15.3. The SMILES string of the molecule is CC(C)N(C(C)C)P(OCc1ccccc1)C(C)(C)C. The van der Waals surface area contributed by atoms with E-state index in [2.05, 4.69) is 77.4 Å². The Labute approximate surface area is 126 Å². The summed E-state index contributed by atoms with van der Waals surface area (Å²) in [5.41, 5.74) is 1.25. The van der Waals surface area contributed by atoms with Gasteiger partial charge in [-0.1, -0.05) is 51.1 Å². The minimum atomic E-state index is -0.634. The van der Waals surface area contributed by atoms with Gasteiger partial charge in [0.2, 0.25) is 0 Å². The molecule has 0 aliphatic rings. The molecule has 0 saturated heterocycles. The van der Waals surface area contributed by atoms with Crippen molar-refractivity contribution in [3.8, 4) is 0 Å². The van der Waals surface area contributed by atoms with E-state index >= 15 is 0 Å². The van der Waals surface area contributed by atoms with E-state index in [0.717, 1.165) is 0 Å². The van der Waals surface area contributed by atoms with Gasteiger partial charge in [0, 0.05) is 17.2 Å². The zero-order valence-electron chi connectivity index (χ0n) is 14.1. The van der Waals surface area contributed by atoms with E-state index in [1.54, 1.807) is 0 Å². The van der Waals surface area contributed by atoms with E-state index < -0.39 is 8.30 Å². The van der Waals surface area contributed by atoms with Crippen LogP contribution in [0, 0.1) is 0 Å². The van der Waals surface area contributed by atoms with E-state index in [0.29, 0.717) is 18.7 Å². The highest BCUT2D eigenvalue weighted by molar-refractivity contribution is 7.51. The van der Waals surface area contributed by atoms with Gasteiger partial charge in [0.05, 0.1) is 6.61 Å². The van der Waals surface area contributed by atoms with Crippen LogP contribution in [-0.2, 0) is 11.1 Å². The molecule has 3 heteroatoms. The lowest BCUT2D eigenvalue weighted by Gasteiger charge is -2.43. The Morgan fingerprint density at radius 2 is 1.50 bits per heavy atom. The monoisotopic (exact) mass is 295 g/mol. The molecule has 0 heterocycles. The summed E-state index contributed by atoms with van der Waals surface area (Å²) >= 11 is 0. The molecule has 0 fully saturated rings. The third-order valence-corrected chi connectivity index (χ3v) is 5.90. The highest BCUT2D eigenvalue weighted by Crippen LogP contribution is 2.55. The summed E-state index contributed by atoms with van der Waals surface area (Å²) in [5, 5.41) is 0.151. The maximum Gasteiger partial charge on any atom is 0.110 e. The second-order valence-corrected chi connectivity index (χ2v) is 9.38. The largest absolute Gasteiger partial charge is 0.338 e. The lowest BCUT2D eigenvalue weighted by molar-refractivity contribution is 0.236. The summed E-state index contributed by atoms with van der Waals surface area (Å²) in [6, 6.07) is 11.4. The first-order valence-corrected chi connectivity index (χ1v) is 8.70. The summed E-state index contributed by atoms with van der Waals surface area (Å²) in [6.45, 7) is 16.6. The molecule has 1 unspecified atom stereocenters. The van der Waals surface area contributed by atoms with Gasteiger partial charge in [-0.05, 0) is 33.3 Å². The molecule has 0 aromatic heterocycles. The van der Waals surface area contributed by atoms with Crippen LogP contribution in [0.4, 0.5) is 0 Å². The van der Waals surface area contributed by atoms with Crippen molar-refractivity contribution in [1.29, 1.82) is 0 Å². The fourth-order valence-corrected chi connectivity index (χ4v) is 4.66. The third kappa shape index (κ3) is 5.16. The average Bonchev–Trinajstić information content (AvgIpc) is 2.33. The van der Waals surface area contributed by atoms with Crippen molar-refractivity contribution in [1.82, 2.24) is 4.67 Å². The summed E-state index contributed by atoms with van der Waals surface area (Å²) in [5.74, 6) is 0. The topological polar surface area (TPSA) is 12.5 Å². The number of hydrogen-bond donors (Lipinski definition) is 0. The van der Waals surface area contributed by atoms with Gasteiger partial charge >= 0.3 is 0 Å². The molecule has 1 rings (SSSR count). The predicted octanol–water partition coefficient (Wildman–Crippen LogP) is 5.43. The van der Waals surface area contributed by atoms with Crippen molar-refractivity contribution in [3.63, 3.8) is 0 Å². The quantitative estimate of drug-likeness (QED) is 0.649. The summed E-state index contributed by atoms with van der Waals surface area (Å²) < 4.78 is 8.89. The molecule has 0 bridgehead atoms. The molecular weight excluding hydrogens is 265 g/mol. The first-order chi connectivity index (χ1) is 9.23.